The molecule has 8 nitrogen and oxygen atoms in total. The molecule has 3 aliphatic rings. The van der Waals surface area contributed by atoms with Gasteiger partial charge in [0.2, 0.25) is 6.79 Å². The van der Waals surface area contributed by atoms with Crippen molar-refractivity contribution in [1.29, 1.82) is 10.5 Å². The lowest BCUT2D eigenvalue weighted by Crippen LogP contribution is -2.41. The van der Waals surface area contributed by atoms with Gasteiger partial charge >= 0.3 is 0 Å². The van der Waals surface area contributed by atoms with E-state index in [1.165, 1.54) is 14.2 Å². The molecule has 0 amide bonds. The van der Waals surface area contributed by atoms with Crippen LogP contribution in [0.5, 0.6) is 11.5 Å². The number of rotatable bonds is 3. The molecule has 2 heterocycles. The van der Waals surface area contributed by atoms with E-state index in [0.29, 0.717) is 11.5 Å². The third-order valence-corrected chi connectivity index (χ3v) is 5.21. The maximum absolute atomic E-state index is 9.96. The van der Waals surface area contributed by atoms with Gasteiger partial charge in [-0.1, -0.05) is 6.07 Å². The Labute approximate surface area is 138 Å². The number of aliphatic imine (C=N–C) groups is 1. The van der Waals surface area contributed by atoms with Gasteiger partial charge in [0, 0.05) is 20.1 Å². The Morgan fingerprint density at radius 3 is 2.54 bits per heavy atom. The van der Waals surface area contributed by atoms with E-state index in [4.69, 9.17) is 24.7 Å². The monoisotopic (exact) mass is 326 g/mol. The number of nitrogens with two attached hydrogens (primary N) is 1. The predicted octanol–water partition coefficient (Wildman–Crippen LogP) is 0.850. The smallest absolute Gasteiger partial charge is 0.292 e. The van der Waals surface area contributed by atoms with E-state index in [0.717, 1.165) is 5.56 Å². The molecular weight excluding hydrogens is 312 g/mol. The zero-order valence-corrected chi connectivity index (χ0v) is 13.1. The van der Waals surface area contributed by atoms with E-state index >= 15 is 0 Å². The average Bonchev–Trinajstić information content (AvgIpc) is 2.87. The first-order chi connectivity index (χ1) is 11.6. The number of methoxy groups -OCH3 is 2. The molecule has 2 N–H and O–H groups in total. The Morgan fingerprint density at radius 2 is 1.92 bits per heavy atom. The van der Waals surface area contributed by atoms with Crippen molar-refractivity contribution in [3.05, 3.63) is 23.8 Å². The van der Waals surface area contributed by atoms with Gasteiger partial charge in [-0.3, -0.25) is 0 Å². The molecule has 1 aliphatic carbocycles. The molecule has 8 heteroatoms. The van der Waals surface area contributed by atoms with E-state index in [9.17, 15) is 10.5 Å². The van der Waals surface area contributed by atoms with Crippen molar-refractivity contribution in [2.24, 2.45) is 21.6 Å². The van der Waals surface area contributed by atoms with Crippen molar-refractivity contribution in [1.82, 2.24) is 0 Å². The molecular formula is C16H14N4O4. The zero-order chi connectivity index (χ0) is 17.2. The maximum atomic E-state index is 9.96. The summed E-state index contributed by atoms with van der Waals surface area (Å²) in [5.74, 6) is -0.949. The molecule has 122 valence electrons. The molecule has 1 saturated carbocycles. The molecule has 1 aromatic carbocycles. The molecule has 0 radical (unpaired) electrons. The van der Waals surface area contributed by atoms with Crippen molar-refractivity contribution in [2.45, 2.75) is 11.8 Å². The summed E-state index contributed by atoms with van der Waals surface area (Å²) in [6.45, 7) is 0.139. The third-order valence-electron chi connectivity index (χ3n) is 5.21. The maximum Gasteiger partial charge on any atom is 0.292 e. The standard InChI is InChI=1S/C16H14N4O4/c1-21-16(22-2)15(7-18)12(14(15,6-17)13(19)20-16)9-3-4-10-11(5-9)24-8-23-10/h3-5,12H,8H2,1-2H3,(H2,19,20)/t12-,14-,15+/m0/s1. The number of hydrogen-bond donors (Lipinski definition) is 1. The van der Waals surface area contributed by atoms with Crippen molar-refractivity contribution < 1.29 is 18.9 Å². The number of hydrogen-bond acceptors (Lipinski definition) is 8. The summed E-state index contributed by atoms with van der Waals surface area (Å²) in [4.78, 5) is 4.17. The van der Waals surface area contributed by atoms with Crippen molar-refractivity contribution >= 4 is 5.84 Å². The van der Waals surface area contributed by atoms with Crippen LogP contribution in [-0.4, -0.2) is 32.8 Å². The van der Waals surface area contributed by atoms with Gasteiger partial charge in [0.05, 0.1) is 12.1 Å². The van der Waals surface area contributed by atoms with Crippen LogP contribution in [-0.2, 0) is 9.47 Å². The molecule has 1 fully saturated rings. The third kappa shape index (κ3) is 1.25. The van der Waals surface area contributed by atoms with E-state index in [1.807, 2.05) is 0 Å². The molecule has 0 aromatic heterocycles. The van der Waals surface area contributed by atoms with Crippen molar-refractivity contribution in [2.75, 3.05) is 21.0 Å². The average molecular weight is 326 g/mol. The Balaban J connectivity index is 1.91. The minimum absolute atomic E-state index is 0.0397. The molecule has 1 aromatic rings. The summed E-state index contributed by atoms with van der Waals surface area (Å²) in [5, 5.41) is 19.8. The topological polar surface area (TPSA) is 123 Å². The van der Waals surface area contributed by atoms with Crippen LogP contribution in [0.2, 0.25) is 0 Å². The highest BCUT2D eigenvalue weighted by atomic mass is 16.7. The van der Waals surface area contributed by atoms with Gasteiger partial charge in [0.25, 0.3) is 5.91 Å². The summed E-state index contributed by atoms with van der Waals surface area (Å²) >= 11 is 0. The molecule has 4 rings (SSSR count). The number of fused-ring (bicyclic) bond motifs is 2. The Kier molecular flexibility index (Phi) is 2.70. The fraction of sp³-hybridized carbons (Fsp3) is 0.438. The lowest BCUT2D eigenvalue weighted by Gasteiger charge is -2.29. The summed E-state index contributed by atoms with van der Waals surface area (Å²) in [5.41, 5.74) is 4.11. The first-order valence-electron chi connectivity index (χ1n) is 7.25. The summed E-state index contributed by atoms with van der Waals surface area (Å²) < 4.78 is 21.5. The van der Waals surface area contributed by atoms with E-state index in [-0.39, 0.29) is 12.6 Å². The predicted molar refractivity (Wildman–Crippen MR) is 79.8 cm³/mol. The van der Waals surface area contributed by atoms with E-state index in [2.05, 4.69) is 17.1 Å². The van der Waals surface area contributed by atoms with Crippen molar-refractivity contribution in [3.8, 4) is 23.6 Å². The van der Waals surface area contributed by atoms with Crippen LogP contribution >= 0.6 is 0 Å². The molecule has 0 unspecified atom stereocenters. The fourth-order valence-corrected chi connectivity index (χ4v) is 4.11. The van der Waals surface area contributed by atoms with Crippen molar-refractivity contribution in [3.63, 3.8) is 0 Å². The van der Waals surface area contributed by atoms with Gasteiger partial charge in [-0.2, -0.15) is 10.5 Å². The van der Waals surface area contributed by atoms with Crippen LogP contribution in [0.1, 0.15) is 11.5 Å². The molecule has 0 saturated heterocycles. The SMILES string of the molecule is COC1(OC)N=C(N)[C@]2(C#N)[C@H](c3ccc4c(c3)OCO4)[C@@]12C#N. The van der Waals surface area contributed by atoms with Crippen LogP contribution in [0.15, 0.2) is 23.2 Å². The van der Waals surface area contributed by atoms with Crippen LogP contribution in [0.3, 0.4) is 0 Å². The Bertz CT molecular complexity index is 851. The molecule has 0 bridgehead atoms. The summed E-state index contributed by atoms with van der Waals surface area (Å²) in [6, 6.07) is 9.68. The zero-order valence-electron chi connectivity index (χ0n) is 13.1. The highest BCUT2D eigenvalue weighted by Gasteiger charge is 2.93. The number of nitriles is 2. The minimum atomic E-state index is -1.62. The van der Waals surface area contributed by atoms with Gasteiger partial charge < -0.3 is 24.7 Å². The minimum Gasteiger partial charge on any atom is -0.454 e. The lowest BCUT2D eigenvalue weighted by atomic mass is 9.93. The second kappa shape index (κ2) is 4.38. The number of nitrogens with zero attached hydrogens (tertiary/aromatic N) is 3. The number of benzene rings is 1. The lowest BCUT2D eigenvalue weighted by molar-refractivity contribution is -0.230. The molecule has 2 aliphatic heterocycles. The van der Waals surface area contributed by atoms with Gasteiger partial charge in [-0.15, -0.1) is 0 Å². The molecule has 24 heavy (non-hydrogen) atoms. The number of amidine groups is 1. The second-order valence-electron chi connectivity index (χ2n) is 5.87. The summed E-state index contributed by atoms with van der Waals surface area (Å²) in [6.07, 6.45) is 0. The largest absolute Gasteiger partial charge is 0.454 e. The van der Waals surface area contributed by atoms with Crippen LogP contribution < -0.4 is 15.2 Å². The van der Waals surface area contributed by atoms with Gasteiger partial charge in [0.15, 0.2) is 16.9 Å². The van der Waals surface area contributed by atoms with Gasteiger partial charge in [0.1, 0.15) is 11.3 Å². The number of ether oxygens (including phenoxy) is 4. The van der Waals surface area contributed by atoms with E-state index in [1.54, 1.807) is 18.2 Å². The highest BCUT2D eigenvalue weighted by molar-refractivity contribution is 6.00. The quantitative estimate of drug-likeness (QED) is 0.817. The molecule has 3 atom stereocenters. The van der Waals surface area contributed by atoms with Crippen LogP contribution in [0.25, 0.3) is 0 Å². The van der Waals surface area contributed by atoms with Crippen LogP contribution in [0, 0.1) is 33.5 Å². The Hall–Kier alpha value is -2.81. The molecule has 0 spiro atoms. The fourth-order valence-electron chi connectivity index (χ4n) is 4.11. The first-order valence-corrected chi connectivity index (χ1v) is 7.25. The van der Waals surface area contributed by atoms with E-state index < -0.39 is 22.7 Å². The highest BCUT2D eigenvalue weighted by Crippen LogP contribution is 2.82. The normalized spacial score (nSPS) is 34.0. The first kappa shape index (κ1) is 14.8. The summed E-state index contributed by atoms with van der Waals surface area (Å²) in [7, 11) is 2.75. The Morgan fingerprint density at radius 1 is 1.21 bits per heavy atom. The van der Waals surface area contributed by atoms with Crippen LogP contribution in [0.4, 0.5) is 0 Å². The second-order valence-corrected chi connectivity index (χ2v) is 5.87. The van der Waals surface area contributed by atoms with Gasteiger partial charge in [-0.05, 0) is 17.7 Å². The van der Waals surface area contributed by atoms with Gasteiger partial charge in [-0.25, -0.2) is 4.99 Å².